The van der Waals surface area contributed by atoms with Gasteiger partial charge in [-0.3, -0.25) is 18.1 Å². The summed E-state index contributed by atoms with van der Waals surface area (Å²) in [6.45, 7) is 4.23. The first-order valence-electron chi connectivity index (χ1n) is 20.8. The first kappa shape index (κ1) is 40.2. The maximum absolute atomic E-state index is 7.21. The van der Waals surface area contributed by atoms with E-state index >= 15 is 0 Å². The highest BCUT2D eigenvalue weighted by molar-refractivity contribution is 7.42. The second kappa shape index (κ2) is 18.2. The summed E-state index contributed by atoms with van der Waals surface area (Å²) >= 11 is 0. The highest BCUT2D eigenvalue weighted by atomic mass is 31.2. The zero-order valence-corrected chi connectivity index (χ0v) is 36.1. The topological polar surface area (TPSA) is 55.4 Å². The van der Waals surface area contributed by atoms with Gasteiger partial charge in [-0.1, -0.05) is 206 Å². The minimum Gasteiger partial charge on any atom is -0.425 e. The van der Waals surface area contributed by atoms with Crippen molar-refractivity contribution in [3.05, 3.63) is 240 Å². The molecule has 8 aromatic rings. The molecule has 10 rings (SSSR count). The Hall–Kier alpha value is -5.94. The Morgan fingerprint density at radius 3 is 0.855 bits per heavy atom. The highest BCUT2D eigenvalue weighted by Crippen LogP contribution is 2.64. The lowest BCUT2D eigenvalue weighted by atomic mass is 9.88. The molecule has 4 unspecified atom stereocenters. The lowest BCUT2D eigenvalue weighted by molar-refractivity contribution is 0.159. The summed E-state index contributed by atoms with van der Waals surface area (Å²) in [6.07, 6.45) is -1.52. The Labute approximate surface area is 365 Å². The zero-order chi connectivity index (χ0) is 41.8. The molecule has 306 valence electrons. The molecule has 0 aliphatic carbocycles. The highest BCUT2D eigenvalue weighted by Gasteiger charge is 2.44. The maximum Gasteiger partial charge on any atom is 0.398 e. The van der Waals surface area contributed by atoms with E-state index in [0.29, 0.717) is 11.5 Å². The first-order valence-corrected chi connectivity index (χ1v) is 23.0. The number of hydrogen-bond donors (Lipinski definition) is 0. The molecule has 2 saturated heterocycles. The van der Waals surface area contributed by atoms with Gasteiger partial charge >= 0.3 is 17.2 Å². The van der Waals surface area contributed by atoms with Crippen molar-refractivity contribution in [2.24, 2.45) is 0 Å². The Morgan fingerprint density at radius 1 is 0.323 bits per heavy atom. The van der Waals surface area contributed by atoms with Crippen molar-refractivity contribution in [3.63, 3.8) is 0 Å². The van der Waals surface area contributed by atoms with Gasteiger partial charge in [-0.15, -0.1) is 0 Å². The quantitative estimate of drug-likeness (QED) is 0.121. The molecule has 0 N–H and O–H groups in total. The van der Waals surface area contributed by atoms with Crippen LogP contribution in [0.15, 0.2) is 206 Å². The zero-order valence-electron chi connectivity index (χ0n) is 34.3. The molecule has 8 aromatic carbocycles. The van der Waals surface area contributed by atoms with Crippen molar-refractivity contribution in [2.75, 3.05) is 0 Å². The Morgan fingerprint density at radius 2 is 0.581 bits per heavy atom. The minimum atomic E-state index is -1.91. The fraction of sp³-hybridized carbons (Fsp3) is 0.111. The third kappa shape index (κ3) is 8.22. The molecular formula is C54H44O6P2. The molecule has 2 aliphatic rings. The molecule has 0 aromatic heterocycles. The standard InChI is InChI=1S/C54H44O6P2/c1-37-33-35-45(39-21-9-3-10-22-39)53(59-61-55-49(41-25-13-5-14-26-41)50(56-61)42-27-15-6-16-28-42)47(37)48-38(2)34-36-46(40-23-11-4-12-24-40)54(48)60-62-57-51(43-29-17-7-18-30-43)52(58-62)44-31-19-8-20-32-44/h3-36,49-52H,1-2H3. The van der Waals surface area contributed by atoms with Gasteiger partial charge < -0.3 is 9.05 Å². The summed E-state index contributed by atoms with van der Waals surface area (Å²) in [5.41, 5.74) is 11.6. The Bertz CT molecular complexity index is 2460. The second-order valence-corrected chi connectivity index (χ2v) is 17.5. The van der Waals surface area contributed by atoms with Gasteiger partial charge in [0, 0.05) is 22.3 Å². The monoisotopic (exact) mass is 850 g/mol. The lowest BCUT2D eigenvalue weighted by Crippen LogP contribution is -2.06. The van der Waals surface area contributed by atoms with Crippen LogP contribution in [0.4, 0.5) is 0 Å². The van der Waals surface area contributed by atoms with Crippen molar-refractivity contribution in [1.82, 2.24) is 0 Å². The van der Waals surface area contributed by atoms with Gasteiger partial charge in [0.15, 0.2) is 0 Å². The molecular weight excluding hydrogens is 807 g/mol. The van der Waals surface area contributed by atoms with E-state index in [0.717, 1.165) is 66.8 Å². The molecule has 2 aliphatic heterocycles. The summed E-state index contributed by atoms with van der Waals surface area (Å²) in [7, 11) is -3.81. The summed E-state index contributed by atoms with van der Waals surface area (Å²) in [4.78, 5) is 0. The number of rotatable bonds is 11. The normalized spacial score (nSPS) is 20.8. The number of benzene rings is 8. The second-order valence-electron chi connectivity index (χ2n) is 15.4. The van der Waals surface area contributed by atoms with E-state index in [9.17, 15) is 0 Å². The molecule has 8 heteroatoms. The van der Waals surface area contributed by atoms with Crippen LogP contribution in [-0.2, 0) is 18.1 Å². The molecule has 0 saturated carbocycles. The van der Waals surface area contributed by atoms with Gasteiger partial charge in [0.05, 0.1) is 0 Å². The van der Waals surface area contributed by atoms with Crippen LogP contribution in [0.5, 0.6) is 11.5 Å². The molecule has 0 radical (unpaired) electrons. The third-order valence-electron chi connectivity index (χ3n) is 11.3. The van der Waals surface area contributed by atoms with E-state index in [1.165, 1.54) is 0 Å². The smallest absolute Gasteiger partial charge is 0.398 e. The van der Waals surface area contributed by atoms with Gasteiger partial charge in [0.2, 0.25) is 0 Å². The molecule has 0 spiro atoms. The molecule has 4 atom stereocenters. The van der Waals surface area contributed by atoms with Crippen LogP contribution < -0.4 is 9.05 Å². The van der Waals surface area contributed by atoms with E-state index in [1.54, 1.807) is 0 Å². The van der Waals surface area contributed by atoms with Gasteiger partial charge in [-0.25, -0.2) is 0 Å². The SMILES string of the molecule is Cc1ccc(-c2ccccc2)c(OP2OC(c3ccccc3)C(c3ccccc3)O2)c1-c1c(C)ccc(-c2ccccc2)c1OP1OC(c2ccccc2)C(c2ccccc2)O1. The van der Waals surface area contributed by atoms with Crippen LogP contribution in [0, 0.1) is 13.8 Å². The van der Waals surface area contributed by atoms with Gasteiger partial charge in [0.1, 0.15) is 35.9 Å². The van der Waals surface area contributed by atoms with Crippen LogP contribution in [0.3, 0.4) is 0 Å². The number of hydrogen-bond acceptors (Lipinski definition) is 6. The molecule has 6 nitrogen and oxygen atoms in total. The molecule has 0 bridgehead atoms. The van der Waals surface area contributed by atoms with Gasteiger partial charge in [-0.2, -0.15) is 0 Å². The fourth-order valence-corrected chi connectivity index (χ4v) is 10.9. The summed E-state index contributed by atoms with van der Waals surface area (Å²) in [5, 5.41) is 0. The van der Waals surface area contributed by atoms with Crippen LogP contribution in [0.1, 0.15) is 57.8 Å². The predicted molar refractivity (Wildman–Crippen MR) is 248 cm³/mol. The van der Waals surface area contributed by atoms with Crippen LogP contribution in [0.2, 0.25) is 0 Å². The predicted octanol–water partition coefficient (Wildman–Crippen LogP) is 15.6. The average Bonchev–Trinajstić information content (AvgIpc) is 3.96. The van der Waals surface area contributed by atoms with Crippen molar-refractivity contribution >= 4 is 17.2 Å². The third-order valence-corrected chi connectivity index (χ3v) is 13.6. The van der Waals surface area contributed by atoms with Crippen molar-refractivity contribution in [3.8, 4) is 44.9 Å². The summed E-state index contributed by atoms with van der Waals surface area (Å²) < 4.78 is 41.9. The van der Waals surface area contributed by atoms with Crippen LogP contribution in [-0.4, -0.2) is 0 Å². The van der Waals surface area contributed by atoms with E-state index in [1.807, 2.05) is 109 Å². The summed E-state index contributed by atoms with van der Waals surface area (Å²) in [6, 6.07) is 70.1. The van der Waals surface area contributed by atoms with Gasteiger partial charge in [0.25, 0.3) is 0 Å². The fourth-order valence-electron chi connectivity index (χ4n) is 8.25. The first-order chi connectivity index (χ1) is 30.6. The van der Waals surface area contributed by atoms with Crippen LogP contribution >= 0.6 is 17.2 Å². The molecule has 2 heterocycles. The molecule has 2 fully saturated rings. The maximum atomic E-state index is 7.21. The van der Waals surface area contributed by atoms with E-state index in [4.69, 9.17) is 27.1 Å². The van der Waals surface area contributed by atoms with E-state index < -0.39 is 17.2 Å². The van der Waals surface area contributed by atoms with Crippen molar-refractivity contribution in [2.45, 2.75) is 38.3 Å². The lowest BCUT2D eigenvalue weighted by Gasteiger charge is -2.25. The number of aryl methyl sites for hydroxylation is 2. The summed E-state index contributed by atoms with van der Waals surface area (Å²) in [5.74, 6) is 1.29. The Balaban J connectivity index is 1.12. The largest absolute Gasteiger partial charge is 0.425 e. The van der Waals surface area contributed by atoms with Crippen molar-refractivity contribution in [1.29, 1.82) is 0 Å². The van der Waals surface area contributed by atoms with E-state index in [2.05, 4.69) is 111 Å². The van der Waals surface area contributed by atoms with Gasteiger partial charge in [-0.05, 0) is 58.4 Å². The Kier molecular flexibility index (Phi) is 11.8. The minimum absolute atomic E-state index is 0.380. The molecule has 62 heavy (non-hydrogen) atoms. The molecule has 0 amide bonds. The van der Waals surface area contributed by atoms with Crippen LogP contribution in [0.25, 0.3) is 33.4 Å². The van der Waals surface area contributed by atoms with E-state index in [-0.39, 0.29) is 24.4 Å². The average molecular weight is 851 g/mol. The van der Waals surface area contributed by atoms with Crippen molar-refractivity contribution < 1.29 is 27.1 Å².